The Morgan fingerprint density at radius 1 is 1.45 bits per heavy atom. The fourth-order valence-electron chi connectivity index (χ4n) is 1.46. The van der Waals surface area contributed by atoms with Crippen molar-refractivity contribution in [2.24, 2.45) is 5.92 Å². The summed E-state index contributed by atoms with van der Waals surface area (Å²) in [4.78, 5) is 20.9. The van der Waals surface area contributed by atoms with Gasteiger partial charge in [0.05, 0.1) is 6.54 Å². The third-order valence-corrected chi connectivity index (χ3v) is 2.06. The summed E-state index contributed by atoms with van der Waals surface area (Å²) >= 11 is 0. The van der Waals surface area contributed by atoms with Gasteiger partial charge in [-0.2, -0.15) is 0 Å². The van der Waals surface area contributed by atoms with E-state index >= 15 is 0 Å². The van der Waals surface area contributed by atoms with Gasteiger partial charge in [0.1, 0.15) is 0 Å². The van der Waals surface area contributed by atoms with Crippen LogP contribution in [-0.4, -0.2) is 18.7 Å². The number of hydrogen-bond donors (Lipinski definition) is 1. The van der Waals surface area contributed by atoms with Gasteiger partial charge in [0.15, 0.2) is 0 Å². The van der Waals surface area contributed by atoms with E-state index in [2.05, 4.69) is 5.32 Å². The third kappa shape index (κ3) is 2.33. The average molecular weight is 154 g/mol. The largest absolute Gasteiger partial charge is 0.348 e. The van der Waals surface area contributed by atoms with E-state index in [1.807, 2.05) is 0 Å². The van der Waals surface area contributed by atoms with E-state index in [1.165, 1.54) is 0 Å². The zero-order valence-electron chi connectivity index (χ0n) is 6.43. The maximum Gasteiger partial charge on any atom is 0.223 e. The van der Waals surface area contributed by atoms with Gasteiger partial charge in [-0.25, -0.2) is 0 Å². The Balaban J connectivity index is 2.22. The number of nitrogens with one attached hydrogen (secondary N) is 1. The van der Waals surface area contributed by atoms with Crippen LogP contribution in [0.4, 0.5) is 0 Å². The fraction of sp³-hybridized carbons (Fsp3) is 0.750. The molecule has 0 aromatic rings. The second-order valence-corrected chi connectivity index (χ2v) is 2.84. The van der Waals surface area contributed by atoms with Gasteiger partial charge in [-0.3, -0.25) is 9.59 Å². The van der Waals surface area contributed by atoms with E-state index in [0.717, 1.165) is 25.7 Å². The minimum Gasteiger partial charge on any atom is -0.348 e. The molecule has 61 valence electrons. The number of hydrogen-bond acceptors (Lipinski definition) is 2. The fourth-order valence-corrected chi connectivity index (χ4v) is 1.46. The van der Waals surface area contributed by atoms with Gasteiger partial charge in [0, 0.05) is 5.92 Å². The first kappa shape index (κ1) is 8.24. The molecule has 0 bridgehead atoms. The monoisotopic (exact) mass is 154 g/mol. The van der Waals surface area contributed by atoms with Crippen molar-refractivity contribution in [1.82, 2.24) is 5.32 Å². The molecule has 0 spiro atoms. The predicted octanol–water partition coefficient (Wildman–Crippen LogP) is 0.402. The highest BCUT2D eigenvalue weighted by molar-refractivity contribution is 5.80. The van der Waals surface area contributed by atoms with Crippen molar-refractivity contribution in [1.29, 1.82) is 0 Å². The second-order valence-electron chi connectivity index (χ2n) is 2.84. The topological polar surface area (TPSA) is 46.2 Å². The van der Waals surface area contributed by atoms with Gasteiger partial charge in [-0.05, 0) is 12.8 Å². The van der Waals surface area contributed by atoms with Crippen molar-refractivity contribution in [3.63, 3.8) is 0 Å². The molecule has 1 N–H and O–H groups in total. The summed E-state index contributed by atoms with van der Waals surface area (Å²) in [6.07, 6.45) is 5.88. The van der Waals surface area contributed by atoms with Gasteiger partial charge >= 0.3 is 0 Å². The highest BCUT2D eigenvalue weighted by Gasteiger charge is 2.21. The van der Waals surface area contributed by atoms with Crippen molar-refractivity contribution in [2.75, 3.05) is 6.54 Å². The van der Waals surface area contributed by atoms with Gasteiger partial charge in [0.25, 0.3) is 0 Å². The zero-order valence-corrected chi connectivity index (χ0v) is 6.43. The van der Waals surface area contributed by atoms with Crippen LogP contribution in [0, 0.1) is 5.92 Å². The van der Waals surface area contributed by atoms with E-state index < -0.39 is 0 Å². The Hall–Kier alpha value is -0.860. The quantitative estimate of drug-likeness (QED) is 0.639. The molecule has 0 atom stereocenters. The van der Waals surface area contributed by atoms with Crippen molar-refractivity contribution < 1.29 is 9.59 Å². The zero-order chi connectivity index (χ0) is 8.10. The Morgan fingerprint density at radius 3 is 2.64 bits per heavy atom. The number of carbonyl (C=O) groups is 1. The number of carbonyl (C=O) groups excluding carboxylic acids is 2. The predicted molar refractivity (Wildman–Crippen MR) is 40.7 cm³/mol. The molecule has 1 rings (SSSR count). The van der Waals surface area contributed by atoms with E-state index in [9.17, 15) is 9.59 Å². The summed E-state index contributed by atoms with van der Waals surface area (Å²) in [7, 11) is 0. The summed E-state index contributed by atoms with van der Waals surface area (Å²) in [5, 5.41) is 2.51. The normalized spacial score (nSPS) is 18.2. The maximum absolute atomic E-state index is 11.1. The summed E-state index contributed by atoms with van der Waals surface area (Å²) in [5.74, 6) is 0.175. The Labute approximate surface area is 66.2 Å². The van der Waals surface area contributed by atoms with Crippen LogP contribution in [0.2, 0.25) is 0 Å². The molecule has 1 fully saturated rings. The van der Waals surface area contributed by atoms with Gasteiger partial charge < -0.3 is 5.32 Å². The van der Waals surface area contributed by atoms with Crippen LogP contribution in [-0.2, 0) is 9.59 Å². The number of amides is 1. The molecule has 1 aliphatic carbocycles. The smallest absolute Gasteiger partial charge is 0.223 e. The summed E-state index contributed by atoms with van der Waals surface area (Å²) < 4.78 is 0. The molecule has 3 nitrogen and oxygen atoms in total. The van der Waals surface area contributed by atoms with Crippen molar-refractivity contribution in [3.8, 4) is 0 Å². The van der Waals surface area contributed by atoms with Gasteiger partial charge in [-0.1, -0.05) is 12.8 Å². The molecule has 1 aliphatic rings. The first-order valence-corrected chi connectivity index (χ1v) is 3.97. The molecule has 1 amide bonds. The Morgan fingerprint density at radius 2 is 2.09 bits per heavy atom. The maximum atomic E-state index is 11.1. The summed E-state index contributed by atoms with van der Waals surface area (Å²) in [6.45, 7) is 0.0370. The summed E-state index contributed by atoms with van der Waals surface area (Å²) in [6, 6.07) is 0. The van der Waals surface area contributed by atoms with Crippen LogP contribution in [0.25, 0.3) is 0 Å². The highest BCUT2D eigenvalue weighted by atomic mass is 16.2. The Kier molecular flexibility index (Phi) is 3.08. The molecule has 0 heterocycles. The molecule has 1 radical (unpaired) electrons. The standard InChI is InChI=1S/C8H12NO2/c10-6-5-9-8(11)7-3-1-2-4-7/h7H,1-5H2,(H,9,11). The van der Waals surface area contributed by atoms with Crippen LogP contribution in [0.15, 0.2) is 0 Å². The third-order valence-electron chi connectivity index (χ3n) is 2.06. The van der Waals surface area contributed by atoms with E-state index in [-0.39, 0.29) is 18.4 Å². The van der Waals surface area contributed by atoms with Crippen LogP contribution in [0.1, 0.15) is 25.7 Å². The highest BCUT2D eigenvalue weighted by Crippen LogP contribution is 2.24. The summed E-state index contributed by atoms with van der Waals surface area (Å²) in [5.41, 5.74) is 0. The first-order valence-electron chi connectivity index (χ1n) is 3.97. The van der Waals surface area contributed by atoms with Crippen molar-refractivity contribution in [3.05, 3.63) is 0 Å². The van der Waals surface area contributed by atoms with E-state index in [1.54, 1.807) is 6.29 Å². The van der Waals surface area contributed by atoms with Crippen molar-refractivity contribution in [2.45, 2.75) is 25.7 Å². The first-order chi connectivity index (χ1) is 5.34. The lowest BCUT2D eigenvalue weighted by atomic mass is 10.1. The van der Waals surface area contributed by atoms with Gasteiger partial charge in [-0.15, -0.1) is 0 Å². The van der Waals surface area contributed by atoms with Crippen LogP contribution in [0.5, 0.6) is 0 Å². The van der Waals surface area contributed by atoms with Crippen LogP contribution < -0.4 is 5.32 Å². The van der Waals surface area contributed by atoms with E-state index in [4.69, 9.17) is 0 Å². The molecule has 3 heteroatoms. The van der Waals surface area contributed by atoms with Crippen LogP contribution in [0.3, 0.4) is 0 Å². The molecule has 0 aliphatic heterocycles. The lowest BCUT2D eigenvalue weighted by Crippen LogP contribution is -2.30. The molecular formula is C8H12NO2. The molecule has 11 heavy (non-hydrogen) atoms. The number of rotatable bonds is 3. The van der Waals surface area contributed by atoms with Gasteiger partial charge in [0.2, 0.25) is 12.2 Å². The van der Waals surface area contributed by atoms with Crippen LogP contribution >= 0.6 is 0 Å². The minimum absolute atomic E-state index is 0.0193. The molecule has 0 unspecified atom stereocenters. The SMILES string of the molecule is O=[C]CNC(=O)C1CCCC1. The van der Waals surface area contributed by atoms with E-state index in [0.29, 0.717) is 0 Å². The average Bonchev–Trinajstić information content (AvgIpc) is 2.52. The Bertz CT molecular complexity index is 150. The lowest BCUT2D eigenvalue weighted by molar-refractivity contribution is -0.124. The molecule has 0 aromatic carbocycles. The molecular weight excluding hydrogens is 142 g/mol. The molecule has 0 aromatic heterocycles. The van der Waals surface area contributed by atoms with Crippen molar-refractivity contribution >= 4 is 12.2 Å². The molecule has 1 saturated carbocycles. The molecule has 0 saturated heterocycles. The minimum atomic E-state index is 0.0193. The lowest BCUT2D eigenvalue weighted by Gasteiger charge is -2.06. The second kappa shape index (κ2) is 4.11.